The van der Waals surface area contributed by atoms with Crippen LogP contribution in [0.2, 0.25) is 0 Å². The Balaban J connectivity index is 1.25. The molecule has 2 bridgehead atoms. The molecule has 0 aromatic heterocycles. The highest BCUT2D eigenvalue weighted by molar-refractivity contribution is 5.78. The summed E-state index contributed by atoms with van der Waals surface area (Å²) in [4.78, 5) is 26.5. The highest BCUT2D eigenvalue weighted by Crippen LogP contribution is 2.49. The molecule has 7 aliphatic rings. The van der Waals surface area contributed by atoms with Crippen LogP contribution in [0, 0.1) is 28.6 Å². The Kier molecular flexibility index (Phi) is 12.6. The van der Waals surface area contributed by atoms with Crippen molar-refractivity contribution in [3.63, 3.8) is 0 Å². The van der Waals surface area contributed by atoms with E-state index >= 15 is 0 Å². The van der Waals surface area contributed by atoms with Crippen LogP contribution in [-0.2, 0) is 38.0 Å². The van der Waals surface area contributed by atoms with Gasteiger partial charge in [0.2, 0.25) is 0 Å². The molecule has 5 heterocycles. The Bertz CT molecular complexity index is 1520. The first-order valence-corrected chi connectivity index (χ1v) is 20.8. The van der Waals surface area contributed by atoms with E-state index in [4.69, 9.17) is 33.2 Å². The molecule has 7 rings (SSSR count). The molecule has 5 aliphatic heterocycles. The number of carbonyl (C=O) groups excluding carboxylic acids is 1. The number of rotatable bonds is 5. The van der Waals surface area contributed by atoms with E-state index in [9.17, 15) is 19.9 Å². The Morgan fingerprint density at radius 1 is 1.00 bits per heavy atom. The molecule has 15 atom stereocenters. The van der Waals surface area contributed by atoms with Gasteiger partial charge in [-0.2, -0.15) is 4.91 Å². The molecule has 2 N–H and O–H groups in total. The van der Waals surface area contributed by atoms with Gasteiger partial charge >= 0.3 is 5.97 Å². The van der Waals surface area contributed by atoms with Gasteiger partial charge in [0.15, 0.2) is 12.1 Å². The first-order valence-electron chi connectivity index (χ1n) is 20.8. The maximum absolute atomic E-state index is 14.4. The van der Waals surface area contributed by atoms with Crippen molar-refractivity contribution in [2.75, 3.05) is 13.7 Å². The second-order valence-electron chi connectivity index (χ2n) is 17.6. The zero-order valence-corrected chi connectivity index (χ0v) is 33.5. The van der Waals surface area contributed by atoms with E-state index in [1.807, 2.05) is 26.0 Å². The molecule has 0 radical (unpaired) electrons. The normalized spacial score (nSPS) is 45.9. The molecule has 5 fully saturated rings. The van der Waals surface area contributed by atoms with Crippen LogP contribution < -0.4 is 0 Å². The van der Waals surface area contributed by atoms with Gasteiger partial charge in [0.05, 0.1) is 37.1 Å². The summed E-state index contributed by atoms with van der Waals surface area (Å²) in [6.45, 7) is 9.98. The van der Waals surface area contributed by atoms with Crippen LogP contribution in [0.3, 0.4) is 0 Å². The molecule has 1 spiro atoms. The van der Waals surface area contributed by atoms with Crippen molar-refractivity contribution >= 4 is 5.97 Å². The van der Waals surface area contributed by atoms with E-state index in [1.165, 1.54) is 19.3 Å². The van der Waals surface area contributed by atoms with Crippen LogP contribution in [0.4, 0.5) is 0 Å². The molecule has 1 unspecified atom stereocenters. The van der Waals surface area contributed by atoms with E-state index in [1.54, 1.807) is 26.2 Å². The van der Waals surface area contributed by atoms with Gasteiger partial charge in [-0.05, 0) is 75.0 Å². The molecule has 0 aromatic rings. The smallest absolute Gasteiger partial charge is 0.316 e. The van der Waals surface area contributed by atoms with Crippen molar-refractivity contribution in [2.24, 2.45) is 28.8 Å². The summed E-state index contributed by atoms with van der Waals surface area (Å²) in [5.41, 5.74) is 0.188. The summed E-state index contributed by atoms with van der Waals surface area (Å²) >= 11 is 0. The maximum atomic E-state index is 14.4. The first kappa shape index (κ1) is 40.9. The zero-order valence-electron chi connectivity index (χ0n) is 33.5. The fourth-order valence-corrected chi connectivity index (χ4v) is 10.5. The van der Waals surface area contributed by atoms with Crippen molar-refractivity contribution in [1.29, 1.82) is 0 Å². The SMILES string of the molecule is CO[C@H]1C[C@H](O[C@@H]2C(C)=CC[C@@H]3C[C@@H](C[C@]4(CC[C@H](C)[C@@H](C5CCCCC5)O4)O3)OC(=O)[C@@H]3C=C(C)C(N=O)[C@H]4OCC(=CC=C[C@@H]2C)[C@]43O)O[C@@H](C)[C@@H]1O. The number of nitrogens with zero attached hydrogens (tertiary/aromatic N) is 1. The summed E-state index contributed by atoms with van der Waals surface area (Å²) in [7, 11) is 1.58. The van der Waals surface area contributed by atoms with Crippen LogP contribution in [0.25, 0.3) is 0 Å². The Morgan fingerprint density at radius 2 is 1.78 bits per heavy atom. The third-order valence-corrected chi connectivity index (χ3v) is 13.7. The van der Waals surface area contributed by atoms with Gasteiger partial charge in [0.1, 0.15) is 35.9 Å². The minimum absolute atomic E-state index is 0.0290. The quantitative estimate of drug-likeness (QED) is 0.182. The number of aliphatic hydroxyl groups is 2. The topological polar surface area (TPSA) is 152 Å². The summed E-state index contributed by atoms with van der Waals surface area (Å²) in [6.07, 6.45) is 14.3. The highest BCUT2D eigenvalue weighted by atomic mass is 16.7. The van der Waals surface area contributed by atoms with Gasteiger partial charge in [-0.3, -0.25) is 4.79 Å². The average Bonchev–Trinajstić information content (AvgIpc) is 3.50. The first-order chi connectivity index (χ1) is 26.4. The van der Waals surface area contributed by atoms with Crippen molar-refractivity contribution in [2.45, 2.75) is 178 Å². The van der Waals surface area contributed by atoms with Gasteiger partial charge < -0.3 is 43.4 Å². The minimum Gasteiger partial charge on any atom is -0.462 e. The fourth-order valence-electron chi connectivity index (χ4n) is 10.5. The Labute approximate surface area is 326 Å². The van der Waals surface area contributed by atoms with Crippen molar-refractivity contribution in [1.82, 2.24) is 0 Å². The van der Waals surface area contributed by atoms with E-state index in [-0.39, 0.29) is 24.7 Å². The van der Waals surface area contributed by atoms with E-state index in [0.717, 1.165) is 24.8 Å². The number of nitroso groups, excluding NO2 is 1. The molecular weight excluding hydrogens is 706 g/mol. The maximum Gasteiger partial charge on any atom is 0.316 e. The number of fused-ring (bicyclic) bond motifs is 2. The lowest BCUT2D eigenvalue weighted by molar-refractivity contribution is -0.342. The molecule has 55 heavy (non-hydrogen) atoms. The largest absolute Gasteiger partial charge is 0.462 e. The van der Waals surface area contributed by atoms with E-state index in [2.05, 4.69) is 25.1 Å². The molecule has 12 heteroatoms. The van der Waals surface area contributed by atoms with Crippen LogP contribution in [0.1, 0.15) is 105 Å². The summed E-state index contributed by atoms with van der Waals surface area (Å²) < 4.78 is 45.1. The predicted molar refractivity (Wildman–Crippen MR) is 203 cm³/mol. The average molecular weight is 770 g/mol. The lowest BCUT2D eigenvalue weighted by Gasteiger charge is -2.51. The number of esters is 1. The van der Waals surface area contributed by atoms with Crippen LogP contribution in [0.5, 0.6) is 0 Å². The zero-order chi connectivity index (χ0) is 39.1. The van der Waals surface area contributed by atoms with E-state index < -0.39 is 72.2 Å². The van der Waals surface area contributed by atoms with Gasteiger partial charge in [-0.1, -0.05) is 68.7 Å². The second kappa shape index (κ2) is 16.9. The number of ether oxygens (including phenoxy) is 7. The van der Waals surface area contributed by atoms with Gasteiger partial charge in [0.25, 0.3) is 0 Å². The number of hydrogen-bond donors (Lipinski definition) is 2. The third-order valence-electron chi connectivity index (χ3n) is 13.7. The molecule has 2 aliphatic carbocycles. The number of methoxy groups -OCH3 is 1. The lowest BCUT2D eigenvalue weighted by atomic mass is 9.70. The van der Waals surface area contributed by atoms with E-state index in [0.29, 0.717) is 55.1 Å². The summed E-state index contributed by atoms with van der Waals surface area (Å²) in [5.74, 6) is -1.86. The molecule has 4 saturated heterocycles. The van der Waals surface area contributed by atoms with Crippen LogP contribution in [0.15, 0.2) is 52.3 Å². The fraction of sp³-hybridized carbons (Fsp3) is 0.791. The van der Waals surface area contributed by atoms with Crippen LogP contribution in [-0.4, -0.2) is 102 Å². The minimum atomic E-state index is -1.83. The number of carbonyl (C=O) groups is 1. The Morgan fingerprint density at radius 3 is 2.53 bits per heavy atom. The molecule has 12 nitrogen and oxygen atoms in total. The molecule has 0 amide bonds. The second-order valence-corrected chi connectivity index (χ2v) is 17.6. The van der Waals surface area contributed by atoms with Crippen molar-refractivity contribution < 1.29 is 48.2 Å². The third kappa shape index (κ3) is 8.22. The molecule has 0 aromatic carbocycles. The van der Waals surface area contributed by atoms with Crippen molar-refractivity contribution in [3.05, 3.63) is 52.0 Å². The molecular formula is C43H63NO11. The number of aliphatic hydroxyl groups excluding tert-OH is 1. The van der Waals surface area contributed by atoms with Gasteiger partial charge in [-0.15, -0.1) is 0 Å². The lowest BCUT2D eigenvalue weighted by Crippen LogP contribution is -2.58. The van der Waals surface area contributed by atoms with Gasteiger partial charge in [0, 0.05) is 38.7 Å². The number of allylic oxidation sites excluding steroid dienone is 2. The van der Waals surface area contributed by atoms with Crippen molar-refractivity contribution in [3.8, 4) is 0 Å². The summed E-state index contributed by atoms with van der Waals surface area (Å²) in [5, 5.41) is 26.5. The predicted octanol–water partition coefficient (Wildman–Crippen LogP) is 6.37. The van der Waals surface area contributed by atoms with Crippen LogP contribution >= 0.6 is 0 Å². The molecule has 306 valence electrons. The summed E-state index contributed by atoms with van der Waals surface area (Å²) in [6, 6.07) is -0.948. The standard InChI is InChI=1S/C43H63NO11/c1-24-11-10-14-30-23-50-40-36(44-48)27(4)19-33(43(30,40)47)41(46)52-32-20-31(16-15-25(2)38(24)53-35-21-34(49-6)37(45)28(5)51-35)54-42(22-32)18-17-26(3)39(55-42)29-12-8-7-9-13-29/h10-11,14-15,19,24,26,28-29,31-40,45,47H,7-9,12-13,16-18,20-23H2,1-6H3/t24-,26-,28-,31+,32-,33-,34-,35-,36?,37-,38-,39-,40+,42+,43+/m0/s1. The monoisotopic (exact) mass is 769 g/mol. The highest BCUT2D eigenvalue weighted by Gasteiger charge is 2.61. The molecule has 1 saturated carbocycles. The Hall–Kier alpha value is -2.29. The number of hydrogen-bond acceptors (Lipinski definition) is 12. The van der Waals surface area contributed by atoms with Gasteiger partial charge in [-0.25, -0.2) is 0 Å².